The Hall–Kier alpha value is -1.25. The highest BCUT2D eigenvalue weighted by Gasteiger charge is 2.15. The van der Waals surface area contributed by atoms with Gasteiger partial charge >= 0.3 is 0 Å². The van der Waals surface area contributed by atoms with E-state index in [0.717, 1.165) is 24.2 Å². The van der Waals surface area contributed by atoms with Crippen molar-refractivity contribution in [2.24, 2.45) is 5.92 Å². The molecule has 0 spiro atoms. The van der Waals surface area contributed by atoms with E-state index in [4.69, 9.17) is 0 Å². The number of nitrogens with one attached hydrogen (secondary N) is 2. The minimum absolute atomic E-state index is 0.000556. The monoisotopic (exact) mass is 164 g/mol. The Morgan fingerprint density at radius 1 is 1.58 bits per heavy atom. The number of aromatic amines is 1. The van der Waals surface area contributed by atoms with Gasteiger partial charge in [-0.25, -0.2) is 0 Å². The van der Waals surface area contributed by atoms with E-state index in [9.17, 15) is 4.79 Å². The van der Waals surface area contributed by atoms with Crippen LogP contribution in [0.1, 0.15) is 12.5 Å². The first-order valence-corrected chi connectivity index (χ1v) is 4.22. The van der Waals surface area contributed by atoms with E-state index in [1.54, 1.807) is 6.20 Å². The number of anilines is 1. The average molecular weight is 164 g/mol. The number of pyridine rings is 1. The number of H-pyrrole nitrogens is 1. The second kappa shape index (κ2) is 2.66. The summed E-state index contributed by atoms with van der Waals surface area (Å²) in [6.45, 7) is 3.08. The van der Waals surface area contributed by atoms with Crippen LogP contribution in [0.15, 0.2) is 17.1 Å². The minimum atomic E-state index is -0.000556. The summed E-state index contributed by atoms with van der Waals surface area (Å²) in [5, 5.41) is 3.14. The van der Waals surface area contributed by atoms with Crippen LogP contribution in [0, 0.1) is 5.92 Å². The first-order chi connectivity index (χ1) is 5.77. The zero-order valence-corrected chi connectivity index (χ0v) is 7.05. The first-order valence-electron chi connectivity index (χ1n) is 4.22. The van der Waals surface area contributed by atoms with Gasteiger partial charge in [-0.05, 0) is 24.0 Å². The summed E-state index contributed by atoms with van der Waals surface area (Å²) in [6.07, 6.45) is 2.72. The zero-order valence-electron chi connectivity index (χ0n) is 7.05. The molecule has 1 aromatic rings. The molecule has 1 atom stereocenters. The molecule has 12 heavy (non-hydrogen) atoms. The van der Waals surface area contributed by atoms with E-state index in [1.165, 1.54) is 0 Å². The molecule has 1 aromatic heterocycles. The Bertz CT molecular complexity index is 343. The molecule has 2 heterocycles. The van der Waals surface area contributed by atoms with Crippen LogP contribution < -0.4 is 10.9 Å². The summed E-state index contributed by atoms with van der Waals surface area (Å²) in [5.41, 5.74) is 1.90. The molecule has 0 saturated heterocycles. The third-order valence-electron chi connectivity index (χ3n) is 2.24. The van der Waals surface area contributed by atoms with Crippen molar-refractivity contribution >= 4 is 5.69 Å². The van der Waals surface area contributed by atoms with E-state index in [-0.39, 0.29) is 5.56 Å². The molecule has 1 aliphatic heterocycles. The van der Waals surface area contributed by atoms with Crippen LogP contribution in [0.4, 0.5) is 5.69 Å². The van der Waals surface area contributed by atoms with Crippen molar-refractivity contribution in [3.05, 3.63) is 28.2 Å². The fourth-order valence-corrected chi connectivity index (χ4v) is 1.61. The van der Waals surface area contributed by atoms with Crippen molar-refractivity contribution in [2.45, 2.75) is 13.3 Å². The van der Waals surface area contributed by atoms with Gasteiger partial charge in [0.1, 0.15) is 5.69 Å². The summed E-state index contributed by atoms with van der Waals surface area (Å²) >= 11 is 0. The molecule has 3 nitrogen and oxygen atoms in total. The molecule has 0 fully saturated rings. The van der Waals surface area contributed by atoms with Gasteiger partial charge in [0, 0.05) is 12.7 Å². The van der Waals surface area contributed by atoms with E-state index >= 15 is 0 Å². The van der Waals surface area contributed by atoms with Crippen LogP contribution in [0.5, 0.6) is 0 Å². The third kappa shape index (κ3) is 1.11. The van der Waals surface area contributed by atoms with Crippen LogP contribution in [-0.2, 0) is 6.42 Å². The molecule has 1 aliphatic rings. The predicted octanol–water partition coefficient (Wildman–Crippen LogP) is 0.979. The summed E-state index contributed by atoms with van der Waals surface area (Å²) in [6, 6.07) is 1.97. The van der Waals surface area contributed by atoms with Crippen molar-refractivity contribution < 1.29 is 0 Å². The topological polar surface area (TPSA) is 44.9 Å². The first kappa shape index (κ1) is 7.40. The van der Waals surface area contributed by atoms with Gasteiger partial charge in [0.25, 0.3) is 5.56 Å². The average Bonchev–Trinajstić information content (AvgIpc) is 2.04. The molecular weight excluding hydrogens is 152 g/mol. The molecule has 1 unspecified atom stereocenters. The van der Waals surface area contributed by atoms with Crippen molar-refractivity contribution in [1.29, 1.82) is 0 Å². The maximum Gasteiger partial charge on any atom is 0.271 e. The van der Waals surface area contributed by atoms with Crippen LogP contribution in [0.2, 0.25) is 0 Å². The molecule has 0 aliphatic carbocycles. The molecule has 0 saturated carbocycles. The lowest BCUT2D eigenvalue weighted by Crippen LogP contribution is -2.26. The molecule has 3 heteroatoms. The van der Waals surface area contributed by atoms with E-state index in [2.05, 4.69) is 17.2 Å². The SMILES string of the molecule is CC1CNc2c(cc[nH]c2=O)C1. The number of fused-ring (bicyclic) bond motifs is 1. The summed E-state index contributed by atoms with van der Waals surface area (Å²) in [5.74, 6) is 0.624. The van der Waals surface area contributed by atoms with E-state index in [1.807, 2.05) is 6.07 Å². The van der Waals surface area contributed by atoms with Gasteiger partial charge in [-0.1, -0.05) is 6.92 Å². The number of rotatable bonds is 0. The van der Waals surface area contributed by atoms with Crippen molar-refractivity contribution in [3.8, 4) is 0 Å². The molecule has 0 radical (unpaired) electrons. The van der Waals surface area contributed by atoms with Gasteiger partial charge in [0.05, 0.1) is 0 Å². The standard InChI is InChI=1S/C9H12N2O/c1-6-4-7-2-3-10-9(12)8(7)11-5-6/h2-3,6,11H,4-5H2,1H3,(H,10,12). The molecule has 2 N–H and O–H groups in total. The van der Waals surface area contributed by atoms with Gasteiger partial charge in [-0.15, -0.1) is 0 Å². The normalized spacial score (nSPS) is 21.2. The summed E-state index contributed by atoms with van der Waals surface area (Å²) in [4.78, 5) is 13.9. The lowest BCUT2D eigenvalue weighted by molar-refractivity contribution is 0.592. The highest BCUT2D eigenvalue weighted by Crippen LogP contribution is 2.19. The van der Waals surface area contributed by atoms with Crippen molar-refractivity contribution in [2.75, 3.05) is 11.9 Å². The fraction of sp³-hybridized carbons (Fsp3) is 0.444. The quantitative estimate of drug-likeness (QED) is 0.600. The van der Waals surface area contributed by atoms with Gasteiger partial charge in [0.15, 0.2) is 0 Å². The van der Waals surface area contributed by atoms with Gasteiger partial charge < -0.3 is 10.3 Å². The second-order valence-corrected chi connectivity index (χ2v) is 3.40. The second-order valence-electron chi connectivity index (χ2n) is 3.40. The molecule has 2 rings (SSSR count). The highest BCUT2D eigenvalue weighted by molar-refractivity contribution is 5.50. The van der Waals surface area contributed by atoms with Crippen LogP contribution in [-0.4, -0.2) is 11.5 Å². The Morgan fingerprint density at radius 2 is 2.42 bits per heavy atom. The number of hydrogen-bond donors (Lipinski definition) is 2. The van der Waals surface area contributed by atoms with Crippen molar-refractivity contribution in [1.82, 2.24) is 4.98 Å². The Labute approximate surface area is 70.8 Å². The third-order valence-corrected chi connectivity index (χ3v) is 2.24. The largest absolute Gasteiger partial charge is 0.380 e. The molecular formula is C9H12N2O. The lowest BCUT2D eigenvalue weighted by atomic mass is 9.97. The molecule has 64 valence electrons. The van der Waals surface area contributed by atoms with E-state index in [0.29, 0.717) is 5.92 Å². The van der Waals surface area contributed by atoms with Gasteiger partial charge in [-0.3, -0.25) is 4.79 Å². The Kier molecular flexibility index (Phi) is 1.64. The zero-order chi connectivity index (χ0) is 8.55. The summed E-state index contributed by atoms with van der Waals surface area (Å²) < 4.78 is 0. The maximum atomic E-state index is 11.3. The number of aromatic nitrogens is 1. The number of hydrogen-bond acceptors (Lipinski definition) is 2. The summed E-state index contributed by atoms with van der Waals surface area (Å²) in [7, 11) is 0. The van der Waals surface area contributed by atoms with Gasteiger partial charge in [-0.2, -0.15) is 0 Å². The Morgan fingerprint density at radius 3 is 3.25 bits per heavy atom. The highest BCUT2D eigenvalue weighted by atomic mass is 16.1. The fourth-order valence-electron chi connectivity index (χ4n) is 1.61. The van der Waals surface area contributed by atoms with Gasteiger partial charge in [0.2, 0.25) is 0 Å². The van der Waals surface area contributed by atoms with Crippen molar-refractivity contribution in [3.63, 3.8) is 0 Å². The molecule has 0 amide bonds. The van der Waals surface area contributed by atoms with Crippen LogP contribution >= 0.6 is 0 Å². The van der Waals surface area contributed by atoms with Crippen LogP contribution in [0.25, 0.3) is 0 Å². The molecule has 0 bridgehead atoms. The van der Waals surface area contributed by atoms with E-state index < -0.39 is 0 Å². The Balaban J connectivity index is 2.49. The lowest BCUT2D eigenvalue weighted by Gasteiger charge is -2.21. The minimum Gasteiger partial charge on any atom is -0.380 e. The maximum absolute atomic E-state index is 11.3. The predicted molar refractivity (Wildman–Crippen MR) is 48.4 cm³/mol. The molecule has 0 aromatic carbocycles. The van der Waals surface area contributed by atoms with Crippen LogP contribution in [0.3, 0.4) is 0 Å². The smallest absolute Gasteiger partial charge is 0.271 e.